The summed E-state index contributed by atoms with van der Waals surface area (Å²) in [6.45, 7) is 7.93. The number of carbonyl (C=O) groups excluding carboxylic acids is 2. The Hall–Kier alpha value is -1.23. The second-order valence-electron chi connectivity index (χ2n) is 13.0. The Kier molecular flexibility index (Phi) is 11.9. The monoisotopic (exact) mass is 492 g/mol. The molecule has 0 aromatic heterocycles. The smallest absolute Gasteiger partial charge is 0.309 e. The Morgan fingerprint density at radius 2 is 1.11 bits per heavy atom. The Labute approximate surface area is 213 Å². The average Bonchev–Trinajstić information content (AvgIpc) is 2.81. The van der Waals surface area contributed by atoms with Crippen molar-refractivity contribution in [1.82, 2.24) is 0 Å². The summed E-state index contributed by atoms with van der Waals surface area (Å²) in [5.74, 6) is 0.651. The molecule has 0 amide bonds. The van der Waals surface area contributed by atoms with Crippen LogP contribution in [0.25, 0.3) is 0 Å². The van der Waals surface area contributed by atoms with E-state index in [9.17, 15) is 24.6 Å². The van der Waals surface area contributed by atoms with E-state index in [4.69, 9.17) is 0 Å². The van der Waals surface area contributed by atoms with Crippen LogP contribution >= 0.6 is 0 Å². The lowest BCUT2D eigenvalue weighted by Gasteiger charge is -2.31. The van der Waals surface area contributed by atoms with E-state index < -0.39 is 11.4 Å². The molecule has 0 bridgehead atoms. The zero-order valence-corrected chi connectivity index (χ0v) is 22.9. The number of carboxylic acids is 1. The van der Waals surface area contributed by atoms with E-state index in [0.717, 1.165) is 96.3 Å². The molecule has 5 nitrogen and oxygen atoms in total. The van der Waals surface area contributed by atoms with Gasteiger partial charge in [-0.25, -0.2) is 0 Å². The number of aliphatic hydroxyl groups excluding tert-OH is 1. The van der Waals surface area contributed by atoms with Crippen molar-refractivity contribution >= 4 is 17.5 Å². The molecule has 2 aliphatic rings. The molecule has 2 N–H and O–H groups in total. The summed E-state index contributed by atoms with van der Waals surface area (Å²) in [4.78, 5) is 37.5. The number of unbranched alkanes of at least 4 members (excludes halogenated alkanes) is 2. The van der Waals surface area contributed by atoms with Gasteiger partial charge in [0.05, 0.1) is 5.41 Å². The molecular weight excluding hydrogens is 440 g/mol. The van der Waals surface area contributed by atoms with Crippen molar-refractivity contribution in [3.63, 3.8) is 0 Å². The second-order valence-corrected chi connectivity index (χ2v) is 13.0. The fraction of sp³-hybridized carbons (Fsp3) is 0.900. The first-order chi connectivity index (χ1) is 16.5. The molecule has 0 saturated heterocycles. The quantitative estimate of drug-likeness (QED) is 0.240. The summed E-state index contributed by atoms with van der Waals surface area (Å²) in [5.41, 5.74) is -0.724. The summed E-state index contributed by atoms with van der Waals surface area (Å²) >= 11 is 0. The van der Waals surface area contributed by atoms with E-state index in [1.165, 1.54) is 0 Å². The van der Waals surface area contributed by atoms with Crippen LogP contribution in [0.5, 0.6) is 0 Å². The molecular formula is C30H52O5. The van der Waals surface area contributed by atoms with Gasteiger partial charge < -0.3 is 10.2 Å². The maximum Gasteiger partial charge on any atom is 0.309 e. The van der Waals surface area contributed by atoms with Gasteiger partial charge in [0, 0.05) is 30.3 Å². The number of Topliss-reactive ketones (excluding diaryl/α,β-unsaturated/α-hetero) is 2. The zero-order chi connectivity index (χ0) is 26.1. The highest BCUT2D eigenvalue weighted by atomic mass is 16.4. The van der Waals surface area contributed by atoms with Crippen molar-refractivity contribution in [1.29, 1.82) is 0 Å². The molecule has 4 atom stereocenters. The van der Waals surface area contributed by atoms with Gasteiger partial charge in [0.2, 0.25) is 0 Å². The van der Waals surface area contributed by atoms with Crippen LogP contribution in [0.3, 0.4) is 0 Å². The van der Waals surface area contributed by atoms with Gasteiger partial charge in [0.15, 0.2) is 0 Å². The predicted octanol–water partition coefficient (Wildman–Crippen LogP) is 6.99. The van der Waals surface area contributed by atoms with Crippen LogP contribution in [-0.4, -0.2) is 34.4 Å². The lowest BCUT2D eigenvalue weighted by Crippen LogP contribution is -2.32. The highest BCUT2D eigenvalue weighted by molar-refractivity contribution is 5.85. The predicted molar refractivity (Wildman–Crippen MR) is 140 cm³/mol. The molecule has 0 heterocycles. The van der Waals surface area contributed by atoms with Gasteiger partial charge in [0.25, 0.3) is 0 Å². The van der Waals surface area contributed by atoms with E-state index in [2.05, 4.69) is 13.8 Å². The number of ketones is 2. The zero-order valence-electron chi connectivity index (χ0n) is 22.9. The molecule has 2 saturated carbocycles. The maximum atomic E-state index is 13.1. The number of carboxylic acid groups (broad SMARTS) is 1. The minimum Gasteiger partial charge on any atom is -0.481 e. The van der Waals surface area contributed by atoms with Gasteiger partial charge >= 0.3 is 5.97 Å². The fourth-order valence-corrected chi connectivity index (χ4v) is 6.14. The van der Waals surface area contributed by atoms with Crippen LogP contribution in [0.2, 0.25) is 0 Å². The molecule has 5 heteroatoms. The molecule has 0 aromatic rings. The molecule has 2 rings (SSSR count). The fourth-order valence-electron chi connectivity index (χ4n) is 6.14. The summed E-state index contributed by atoms with van der Waals surface area (Å²) in [6.07, 6.45) is 15.2. The van der Waals surface area contributed by atoms with Crippen molar-refractivity contribution in [2.24, 2.45) is 34.5 Å². The number of hydrogen-bond donors (Lipinski definition) is 2. The van der Waals surface area contributed by atoms with E-state index >= 15 is 0 Å². The number of carbonyl (C=O) groups is 3. The van der Waals surface area contributed by atoms with E-state index in [1.807, 2.05) is 0 Å². The largest absolute Gasteiger partial charge is 0.481 e. The number of hydrogen-bond acceptors (Lipinski definition) is 4. The SMILES string of the molecule is CC(C)(CO)CCCCC1CCCC(CCC2CCCC(CCCCC(C)(C)C(=O)O)C2=O)C1=O. The Morgan fingerprint density at radius 3 is 1.51 bits per heavy atom. The molecule has 35 heavy (non-hydrogen) atoms. The van der Waals surface area contributed by atoms with Gasteiger partial charge in [0.1, 0.15) is 11.6 Å². The number of rotatable bonds is 15. The van der Waals surface area contributed by atoms with Crippen LogP contribution in [0.15, 0.2) is 0 Å². The Balaban J connectivity index is 1.73. The number of aliphatic hydroxyl groups is 1. The second kappa shape index (κ2) is 13.9. The van der Waals surface area contributed by atoms with Crippen molar-refractivity contribution in [2.75, 3.05) is 6.61 Å². The molecule has 0 aromatic carbocycles. The molecule has 0 radical (unpaired) electrons. The lowest BCUT2D eigenvalue weighted by atomic mass is 9.72. The first kappa shape index (κ1) is 30.0. The summed E-state index contributed by atoms with van der Waals surface area (Å²) < 4.78 is 0. The number of aliphatic carboxylic acids is 1. The maximum absolute atomic E-state index is 13.1. The van der Waals surface area contributed by atoms with Gasteiger partial charge in [-0.1, -0.05) is 52.4 Å². The van der Waals surface area contributed by atoms with Crippen molar-refractivity contribution in [3.05, 3.63) is 0 Å². The average molecular weight is 493 g/mol. The van der Waals surface area contributed by atoms with Crippen molar-refractivity contribution in [3.8, 4) is 0 Å². The van der Waals surface area contributed by atoms with E-state index in [-0.39, 0.29) is 35.7 Å². The summed E-state index contributed by atoms with van der Waals surface area (Å²) in [7, 11) is 0. The topological polar surface area (TPSA) is 91.7 Å². The van der Waals surface area contributed by atoms with E-state index in [1.54, 1.807) is 13.8 Å². The third-order valence-corrected chi connectivity index (χ3v) is 8.95. The molecule has 0 aliphatic heterocycles. The van der Waals surface area contributed by atoms with Crippen LogP contribution in [-0.2, 0) is 14.4 Å². The van der Waals surface area contributed by atoms with Gasteiger partial charge in [-0.2, -0.15) is 0 Å². The lowest BCUT2D eigenvalue weighted by molar-refractivity contribution is -0.147. The van der Waals surface area contributed by atoms with Crippen LogP contribution in [0, 0.1) is 34.5 Å². The first-order valence-corrected chi connectivity index (χ1v) is 14.4. The summed E-state index contributed by atoms with van der Waals surface area (Å²) in [6, 6.07) is 0. The minimum absolute atomic E-state index is 0.0292. The highest BCUT2D eigenvalue weighted by Gasteiger charge is 2.35. The van der Waals surface area contributed by atoms with Gasteiger partial charge in [-0.15, -0.1) is 0 Å². The first-order valence-electron chi connectivity index (χ1n) is 14.4. The molecule has 2 fully saturated rings. The van der Waals surface area contributed by atoms with E-state index in [0.29, 0.717) is 18.0 Å². The normalized spacial score (nSPS) is 26.2. The molecule has 2 aliphatic carbocycles. The Bertz CT molecular complexity index is 695. The van der Waals surface area contributed by atoms with Gasteiger partial charge in [-0.05, 0) is 83.5 Å². The third kappa shape index (κ3) is 9.63. The minimum atomic E-state index is -0.753. The van der Waals surface area contributed by atoms with Crippen molar-refractivity contribution < 1.29 is 24.6 Å². The Morgan fingerprint density at radius 1 is 0.714 bits per heavy atom. The summed E-state index contributed by atoms with van der Waals surface area (Å²) in [5, 5.41) is 18.7. The third-order valence-electron chi connectivity index (χ3n) is 8.95. The van der Waals surface area contributed by atoms with Crippen LogP contribution < -0.4 is 0 Å². The molecule has 4 unspecified atom stereocenters. The molecule has 202 valence electrons. The van der Waals surface area contributed by atoms with Crippen LogP contribution in [0.1, 0.15) is 130 Å². The van der Waals surface area contributed by atoms with Gasteiger partial charge in [-0.3, -0.25) is 14.4 Å². The standard InChI is InChI=1S/C30H52O5/c1-29(2,21-31)19-7-5-11-22-13-9-15-24(26(22)32)17-18-25-16-10-14-23(27(25)33)12-6-8-20-30(3,4)28(34)35/h22-25,31H,5-21H2,1-4H3,(H,34,35). The van der Waals surface area contributed by atoms with Crippen LogP contribution in [0.4, 0.5) is 0 Å². The highest BCUT2D eigenvalue weighted by Crippen LogP contribution is 2.37. The van der Waals surface area contributed by atoms with Crippen molar-refractivity contribution in [2.45, 2.75) is 130 Å². The molecule has 0 spiro atoms.